The second kappa shape index (κ2) is 5.55. The third kappa shape index (κ3) is 2.59. The van der Waals surface area contributed by atoms with Crippen LogP contribution < -0.4 is 0 Å². The van der Waals surface area contributed by atoms with Gasteiger partial charge in [-0.15, -0.1) is 0 Å². The van der Waals surface area contributed by atoms with Gasteiger partial charge in [-0.05, 0) is 44.7 Å². The van der Waals surface area contributed by atoms with Crippen molar-refractivity contribution in [3.05, 3.63) is 23.4 Å². The van der Waals surface area contributed by atoms with Gasteiger partial charge in [-0.25, -0.2) is 8.42 Å². The topological polar surface area (TPSA) is 79.2 Å². The zero-order chi connectivity index (χ0) is 15.9. The van der Waals surface area contributed by atoms with Crippen LogP contribution in [-0.2, 0) is 10.0 Å². The molecule has 0 spiro atoms. The van der Waals surface area contributed by atoms with Crippen molar-refractivity contribution in [3.63, 3.8) is 0 Å². The Bertz CT molecular complexity index is 768. The summed E-state index contributed by atoms with van der Waals surface area (Å²) in [5.41, 5.74) is 2.57. The maximum atomic E-state index is 12.6. The largest absolute Gasteiger partial charge is 0.442 e. The molecule has 2 aromatic heterocycles. The van der Waals surface area contributed by atoms with Gasteiger partial charge in [0.1, 0.15) is 5.69 Å². The molecule has 1 saturated heterocycles. The van der Waals surface area contributed by atoms with Crippen LogP contribution in [0.2, 0.25) is 0 Å². The molecule has 1 aliphatic heterocycles. The van der Waals surface area contributed by atoms with Crippen LogP contribution in [0.25, 0.3) is 11.5 Å². The lowest BCUT2D eigenvalue weighted by Crippen LogP contribution is -2.37. The third-order valence-electron chi connectivity index (χ3n) is 4.40. The molecule has 6 nitrogen and oxygen atoms in total. The van der Waals surface area contributed by atoms with Gasteiger partial charge >= 0.3 is 0 Å². The Balaban J connectivity index is 1.88. The second-order valence-electron chi connectivity index (χ2n) is 6.03. The summed E-state index contributed by atoms with van der Waals surface area (Å²) in [7, 11) is -3.55. The number of rotatable bonds is 3. The number of hydrogen-bond donors (Lipinski definition) is 1. The van der Waals surface area contributed by atoms with E-state index in [0.717, 1.165) is 24.1 Å². The number of piperidine rings is 1. The van der Waals surface area contributed by atoms with Crippen molar-refractivity contribution >= 4 is 10.0 Å². The molecule has 0 radical (unpaired) electrons. The Morgan fingerprint density at radius 1 is 1.27 bits per heavy atom. The van der Waals surface area contributed by atoms with E-state index < -0.39 is 10.0 Å². The number of nitrogens with zero attached hydrogens (tertiary/aromatic N) is 2. The fourth-order valence-electron chi connectivity index (χ4n) is 2.66. The van der Waals surface area contributed by atoms with Crippen LogP contribution in [0.4, 0.5) is 0 Å². The highest BCUT2D eigenvalue weighted by Crippen LogP contribution is 2.29. The highest BCUT2D eigenvalue weighted by molar-refractivity contribution is 7.89. The molecule has 1 aliphatic rings. The van der Waals surface area contributed by atoms with Gasteiger partial charge in [0.05, 0.1) is 0 Å². The molecule has 0 amide bonds. The Morgan fingerprint density at radius 2 is 1.95 bits per heavy atom. The summed E-state index contributed by atoms with van der Waals surface area (Å²) < 4.78 is 32.4. The van der Waals surface area contributed by atoms with Gasteiger partial charge in [-0.3, -0.25) is 5.10 Å². The fraction of sp³-hybridized carbons (Fsp3) is 0.533. The summed E-state index contributed by atoms with van der Waals surface area (Å²) in [6.45, 7) is 7.11. The molecule has 0 saturated carbocycles. The molecule has 1 N–H and O–H groups in total. The molecule has 1 fully saturated rings. The van der Waals surface area contributed by atoms with Gasteiger partial charge in [-0.2, -0.15) is 9.40 Å². The molecule has 120 valence electrons. The SMILES string of the molecule is Cc1[nH]nc(-c2ccc(S(=O)(=O)N3CCC(C)CC3)o2)c1C. The number of aryl methyl sites for hydroxylation is 1. The van der Waals surface area contributed by atoms with E-state index in [1.807, 2.05) is 13.8 Å². The molecule has 0 bridgehead atoms. The molecule has 3 heterocycles. The normalized spacial score (nSPS) is 18.0. The molecule has 0 atom stereocenters. The van der Waals surface area contributed by atoms with Crippen LogP contribution in [0.15, 0.2) is 21.6 Å². The van der Waals surface area contributed by atoms with E-state index in [-0.39, 0.29) is 5.09 Å². The third-order valence-corrected chi connectivity index (χ3v) is 6.18. The van der Waals surface area contributed by atoms with Gasteiger partial charge in [0.15, 0.2) is 5.76 Å². The van der Waals surface area contributed by atoms with Crippen molar-refractivity contribution < 1.29 is 12.8 Å². The maximum absolute atomic E-state index is 12.6. The second-order valence-corrected chi connectivity index (χ2v) is 7.90. The highest BCUT2D eigenvalue weighted by Gasteiger charge is 2.31. The van der Waals surface area contributed by atoms with E-state index in [4.69, 9.17) is 4.42 Å². The zero-order valence-corrected chi connectivity index (χ0v) is 13.9. The van der Waals surface area contributed by atoms with Gasteiger partial charge in [-0.1, -0.05) is 6.92 Å². The molecule has 0 unspecified atom stereocenters. The minimum atomic E-state index is -3.55. The maximum Gasteiger partial charge on any atom is 0.276 e. The molecular weight excluding hydrogens is 302 g/mol. The number of sulfonamides is 1. The standard InChI is InChI=1S/C15H21N3O3S/c1-10-6-8-18(9-7-10)22(19,20)14-5-4-13(21-14)15-11(2)12(3)16-17-15/h4-5,10H,6-9H2,1-3H3,(H,16,17). The molecule has 7 heteroatoms. The number of aromatic nitrogens is 2. The fourth-order valence-corrected chi connectivity index (χ4v) is 4.04. The number of hydrogen-bond acceptors (Lipinski definition) is 4. The van der Waals surface area contributed by atoms with Crippen molar-refractivity contribution in [2.24, 2.45) is 5.92 Å². The molecule has 3 rings (SSSR count). The first-order chi connectivity index (χ1) is 10.4. The zero-order valence-electron chi connectivity index (χ0n) is 13.1. The first kappa shape index (κ1) is 15.3. The van der Waals surface area contributed by atoms with Gasteiger partial charge < -0.3 is 4.42 Å². The van der Waals surface area contributed by atoms with Crippen molar-refractivity contribution in [2.45, 2.75) is 38.7 Å². The van der Waals surface area contributed by atoms with E-state index in [0.29, 0.717) is 30.5 Å². The monoisotopic (exact) mass is 323 g/mol. The molecule has 2 aromatic rings. The summed E-state index contributed by atoms with van der Waals surface area (Å²) in [5.74, 6) is 1.05. The van der Waals surface area contributed by atoms with Crippen LogP contribution >= 0.6 is 0 Å². The summed E-state index contributed by atoms with van der Waals surface area (Å²) in [4.78, 5) is 0. The lowest BCUT2D eigenvalue weighted by molar-refractivity contribution is 0.281. The van der Waals surface area contributed by atoms with Crippen molar-refractivity contribution in [1.82, 2.24) is 14.5 Å². The van der Waals surface area contributed by atoms with E-state index >= 15 is 0 Å². The minimum Gasteiger partial charge on any atom is -0.442 e. The number of aromatic amines is 1. The molecular formula is C15H21N3O3S. The van der Waals surface area contributed by atoms with Crippen LogP contribution in [0.3, 0.4) is 0 Å². The Kier molecular flexibility index (Phi) is 3.86. The highest BCUT2D eigenvalue weighted by atomic mass is 32.2. The lowest BCUT2D eigenvalue weighted by Gasteiger charge is -2.28. The van der Waals surface area contributed by atoms with E-state index in [2.05, 4.69) is 17.1 Å². The predicted octanol–water partition coefficient (Wildman–Crippen LogP) is 2.71. The Labute approximate surface area is 130 Å². The summed E-state index contributed by atoms with van der Waals surface area (Å²) in [6.07, 6.45) is 1.79. The Hall–Kier alpha value is -1.60. The first-order valence-corrected chi connectivity index (χ1v) is 8.95. The summed E-state index contributed by atoms with van der Waals surface area (Å²) in [5, 5.41) is 7.06. The molecule has 0 aromatic carbocycles. The van der Waals surface area contributed by atoms with E-state index in [9.17, 15) is 8.42 Å². The van der Waals surface area contributed by atoms with Crippen molar-refractivity contribution in [3.8, 4) is 11.5 Å². The predicted molar refractivity (Wildman–Crippen MR) is 82.9 cm³/mol. The average molecular weight is 323 g/mol. The number of nitrogens with one attached hydrogen (secondary N) is 1. The van der Waals surface area contributed by atoms with E-state index in [1.54, 1.807) is 6.07 Å². The van der Waals surface area contributed by atoms with Crippen LogP contribution in [0.1, 0.15) is 31.0 Å². The molecule has 0 aliphatic carbocycles. The van der Waals surface area contributed by atoms with Gasteiger partial charge in [0.25, 0.3) is 10.0 Å². The minimum absolute atomic E-state index is 0.00268. The first-order valence-electron chi connectivity index (χ1n) is 7.51. The summed E-state index contributed by atoms with van der Waals surface area (Å²) in [6, 6.07) is 3.19. The van der Waals surface area contributed by atoms with Crippen molar-refractivity contribution in [2.75, 3.05) is 13.1 Å². The van der Waals surface area contributed by atoms with Crippen LogP contribution in [-0.4, -0.2) is 36.0 Å². The number of H-pyrrole nitrogens is 1. The smallest absolute Gasteiger partial charge is 0.276 e. The van der Waals surface area contributed by atoms with Crippen LogP contribution in [0.5, 0.6) is 0 Å². The van der Waals surface area contributed by atoms with Gasteiger partial charge in [0.2, 0.25) is 5.09 Å². The number of furan rings is 1. The van der Waals surface area contributed by atoms with Crippen LogP contribution in [0, 0.1) is 19.8 Å². The molecule has 22 heavy (non-hydrogen) atoms. The van der Waals surface area contributed by atoms with E-state index in [1.165, 1.54) is 10.4 Å². The van der Waals surface area contributed by atoms with Gasteiger partial charge in [0, 0.05) is 24.3 Å². The summed E-state index contributed by atoms with van der Waals surface area (Å²) >= 11 is 0. The lowest BCUT2D eigenvalue weighted by atomic mass is 10.0. The Morgan fingerprint density at radius 3 is 2.55 bits per heavy atom. The van der Waals surface area contributed by atoms with Crippen molar-refractivity contribution in [1.29, 1.82) is 0 Å². The quantitative estimate of drug-likeness (QED) is 0.942. The average Bonchev–Trinajstić information content (AvgIpc) is 3.08.